The van der Waals surface area contributed by atoms with Crippen LogP contribution in [-0.2, 0) is 79.2 Å². The van der Waals surface area contributed by atoms with E-state index in [4.69, 9.17) is 38.4 Å². The first-order valence-corrected chi connectivity index (χ1v) is 41.8. The van der Waals surface area contributed by atoms with E-state index >= 15 is 0 Å². The highest BCUT2D eigenvalue weighted by molar-refractivity contribution is 5.17. The van der Waals surface area contributed by atoms with E-state index in [-0.39, 0.29) is 24.9 Å². The molecule has 0 amide bonds. The summed E-state index contributed by atoms with van der Waals surface area (Å²) in [4.78, 5) is 0. The van der Waals surface area contributed by atoms with Crippen LogP contribution in [-0.4, -0.2) is 77.1 Å². The van der Waals surface area contributed by atoms with Crippen LogP contribution in [0.25, 0.3) is 0 Å². The third-order valence-corrected chi connectivity index (χ3v) is 20.8. The Morgan fingerprint density at radius 1 is 0.373 bits per heavy atom. The molecule has 1 N–H and O–H groups in total. The van der Waals surface area contributed by atoms with Gasteiger partial charge >= 0.3 is 0 Å². The molecule has 11 nitrogen and oxygen atoms in total. The largest absolute Gasteiger partial charge is 0.371 e. The predicted octanol–water partition coefficient (Wildman–Crippen LogP) is 23.7. The van der Waals surface area contributed by atoms with Gasteiger partial charge in [-0.2, -0.15) is 0 Å². The first-order valence-electron chi connectivity index (χ1n) is 41.8. The first kappa shape index (κ1) is 84.2. The van der Waals surface area contributed by atoms with Crippen molar-refractivity contribution in [1.29, 1.82) is 0 Å². The van der Waals surface area contributed by atoms with E-state index in [2.05, 4.69) is 171 Å². The lowest BCUT2D eigenvalue weighted by molar-refractivity contribution is -0.327. The van der Waals surface area contributed by atoms with E-state index in [0.29, 0.717) is 39.6 Å². The van der Waals surface area contributed by atoms with Crippen molar-refractivity contribution in [2.75, 3.05) is 13.2 Å². The molecule has 0 radical (unpaired) electrons. The molecule has 0 saturated carbocycles. The number of hydrogen-bond donors (Lipinski definition) is 1. The molecule has 2 heterocycles. The van der Waals surface area contributed by atoms with Gasteiger partial charge in [0.25, 0.3) is 0 Å². The Hall–Kier alpha value is -5.08. The molecule has 5 aromatic carbocycles. The van der Waals surface area contributed by atoms with Crippen LogP contribution < -0.4 is 5.32 Å². The van der Waals surface area contributed by atoms with E-state index in [9.17, 15) is 0 Å². The predicted molar refractivity (Wildman–Crippen MR) is 422 cm³/mol. The third kappa shape index (κ3) is 36.8. The van der Waals surface area contributed by atoms with E-state index in [1.807, 2.05) is 22.9 Å². The second-order valence-electron chi connectivity index (χ2n) is 29.7. The van der Waals surface area contributed by atoms with Crippen LogP contribution >= 0.6 is 0 Å². The summed E-state index contributed by atoms with van der Waals surface area (Å²) in [5.74, 6) is 0. The molecule has 6 aromatic rings. The number of nitrogens with zero attached hydrogens (tertiary/aromatic N) is 3. The van der Waals surface area contributed by atoms with Crippen LogP contribution in [0, 0.1) is 0 Å². The number of ether oxygens (including phenoxy) is 7. The minimum atomic E-state index is -0.887. The SMILES string of the molecule is CCCCCCCCCCCCCCCCCCCCCCCCCCN[C@@H](CO[C@@H]1O[C@H](Cn2cc(CCCC)nn2)[C@H](OCc2ccccc2)[C@H](OCc2ccccc2)[C@H]1OCc1ccccc1)[C@H](OCc1ccccc1)[C@@H](CCCCCCCCCCCCCC)OCc1ccccc1. The zero-order chi connectivity index (χ0) is 71.1. The van der Waals surface area contributed by atoms with Gasteiger partial charge < -0.3 is 38.5 Å². The zero-order valence-electron chi connectivity index (χ0n) is 64.3. The average Bonchev–Trinajstić information content (AvgIpc) is 0.948. The Morgan fingerprint density at radius 3 is 1.14 bits per heavy atom. The van der Waals surface area contributed by atoms with Gasteiger partial charge in [-0.25, -0.2) is 4.68 Å². The van der Waals surface area contributed by atoms with Crippen molar-refractivity contribution >= 4 is 0 Å². The molecule has 7 rings (SSSR count). The summed E-state index contributed by atoms with van der Waals surface area (Å²) in [6.07, 6.45) is 50.3. The van der Waals surface area contributed by atoms with Gasteiger partial charge in [0.15, 0.2) is 6.29 Å². The van der Waals surface area contributed by atoms with Gasteiger partial charge in [-0.3, -0.25) is 0 Å². The number of aryl methyl sites for hydroxylation is 1. The maximum Gasteiger partial charge on any atom is 0.186 e. The van der Waals surface area contributed by atoms with Crippen LogP contribution in [0.15, 0.2) is 158 Å². The van der Waals surface area contributed by atoms with Crippen molar-refractivity contribution in [1.82, 2.24) is 20.3 Å². The van der Waals surface area contributed by atoms with Gasteiger partial charge in [-0.15, -0.1) is 5.10 Å². The Labute approximate surface area is 620 Å². The number of hydrogen-bond acceptors (Lipinski definition) is 10. The highest BCUT2D eigenvalue weighted by atomic mass is 16.7. The van der Waals surface area contributed by atoms with Crippen molar-refractivity contribution in [3.05, 3.63) is 191 Å². The van der Waals surface area contributed by atoms with E-state index < -0.39 is 30.7 Å². The molecule has 0 bridgehead atoms. The summed E-state index contributed by atoms with van der Waals surface area (Å²) in [5, 5.41) is 13.5. The first-order chi connectivity index (χ1) is 50.6. The molecule has 0 unspecified atom stereocenters. The van der Waals surface area contributed by atoms with E-state index in [0.717, 1.165) is 91.4 Å². The van der Waals surface area contributed by atoms with Crippen molar-refractivity contribution in [2.45, 2.75) is 366 Å². The highest BCUT2D eigenvalue weighted by Crippen LogP contribution is 2.34. The molecule has 1 aliphatic rings. The van der Waals surface area contributed by atoms with Crippen LogP contribution in [0.3, 0.4) is 0 Å². The molecule has 1 aromatic heterocycles. The van der Waals surface area contributed by atoms with Crippen molar-refractivity contribution < 1.29 is 33.2 Å². The summed E-state index contributed by atoms with van der Waals surface area (Å²) in [6.45, 7) is 10.2. The lowest BCUT2D eigenvalue weighted by Crippen LogP contribution is -2.62. The average molecular weight is 1400 g/mol. The molecule has 0 aliphatic carbocycles. The summed E-state index contributed by atoms with van der Waals surface area (Å²) in [5.41, 5.74) is 6.38. The van der Waals surface area contributed by atoms with Gasteiger partial charge in [0.2, 0.25) is 0 Å². The Kier molecular flexibility index (Phi) is 46.4. The second-order valence-corrected chi connectivity index (χ2v) is 29.7. The van der Waals surface area contributed by atoms with E-state index in [1.54, 1.807) is 0 Å². The summed E-state index contributed by atoms with van der Waals surface area (Å²) >= 11 is 0. The molecule has 1 fully saturated rings. The molecular weight excluding hydrogens is 1260 g/mol. The van der Waals surface area contributed by atoms with Gasteiger partial charge in [-0.05, 0) is 60.0 Å². The minimum absolute atomic E-state index is 0.241. The van der Waals surface area contributed by atoms with E-state index in [1.165, 1.54) is 205 Å². The summed E-state index contributed by atoms with van der Waals surface area (Å²) in [6, 6.07) is 52.1. The van der Waals surface area contributed by atoms with Crippen molar-refractivity contribution in [3.8, 4) is 0 Å². The fraction of sp³-hybridized carbons (Fsp3) is 0.648. The van der Waals surface area contributed by atoms with Crippen molar-refractivity contribution in [2.24, 2.45) is 0 Å². The molecule has 11 heteroatoms. The Balaban J connectivity index is 1.08. The summed E-state index contributed by atoms with van der Waals surface area (Å²) in [7, 11) is 0. The maximum atomic E-state index is 7.51. The number of rotatable bonds is 64. The smallest absolute Gasteiger partial charge is 0.186 e. The fourth-order valence-electron chi connectivity index (χ4n) is 14.5. The molecule has 1 aliphatic heterocycles. The third-order valence-electron chi connectivity index (χ3n) is 20.8. The topological polar surface area (TPSA) is 107 Å². The monoisotopic (exact) mass is 1400 g/mol. The molecular formula is C91H140N4O7. The van der Waals surface area contributed by atoms with Crippen LogP contribution in [0.2, 0.25) is 0 Å². The van der Waals surface area contributed by atoms with Crippen LogP contribution in [0.4, 0.5) is 0 Å². The number of unbranched alkanes of at least 4 members (excludes halogenated alkanes) is 35. The molecule has 1 saturated heterocycles. The lowest BCUT2D eigenvalue weighted by atomic mass is 9.96. The maximum absolute atomic E-state index is 7.51. The number of benzene rings is 5. The van der Waals surface area contributed by atoms with Crippen molar-refractivity contribution in [3.63, 3.8) is 0 Å². The summed E-state index contributed by atoms with van der Waals surface area (Å²) < 4.78 is 53.2. The quantitative estimate of drug-likeness (QED) is 0.0371. The zero-order valence-corrected chi connectivity index (χ0v) is 64.3. The Morgan fingerprint density at radius 2 is 0.725 bits per heavy atom. The number of aromatic nitrogens is 3. The highest BCUT2D eigenvalue weighted by Gasteiger charge is 2.50. The molecule has 8 atom stereocenters. The lowest BCUT2D eigenvalue weighted by Gasteiger charge is -2.46. The fourth-order valence-corrected chi connectivity index (χ4v) is 14.5. The van der Waals surface area contributed by atoms with Gasteiger partial charge in [0.1, 0.15) is 30.5 Å². The Bertz CT molecular complexity index is 2830. The molecule has 566 valence electrons. The standard InChI is InChI=1S/C91H140N4O7/c1-4-7-10-12-14-16-18-20-21-22-23-24-25-26-27-28-29-30-31-33-35-37-39-56-69-92-84(87(97-73-79-59-47-41-48-60-79)85(96-72-78-57-45-40-46-58-78)68-55-38-36-34-32-19-17-15-13-11-8-5-2)77-101-91-90(100-76-82-65-53-44-54-66-82)89(99-75-81-63-51-43-52-64-81)88(98-74-80-61-49-42-50-62-80)86(102-91)71-95-70-83(93-94-95)67-9-6-3/h40-54,57-66,70,84-92H,4-39,55-56,67-69,71-77H2,1-3H3/t84-,85+,86+,87-,88-,89-,90+,91+/m0/s1. The molecule has 0 spiro atoms. The second kappa shape index (κ2) is 56.3. The van der Waals surface area contributed by atoms with Gasteiger partial charge in [0, 0.05) is 6.20 Å². The van der Waals surface area contributed by atoms with Crippen LogP contribution in [0.1, 0.15) is 305 Å². The van der Waals surface area contributed by atoms with Gasteiger partial charge in [0.05, 0.1) is 64.0 Å². The number of nitrogens with one attached hydrogen (secondary N) is 1. The molecule has 102 heavy (non-hydrogen) atoms. The minimum Gasteiger partial charge on any atom is -0.371 e. The normalized spacial score (nSPS) is 17.1. The van der Waals surface area contributed by atoms with Crippen LogP contribution in [0.5, 0.6) is 0 Å². The van der Waals surface area contributed by atoms with Gasteiger partial charge in [-0.1, -0.05) is 409 Å².